The molecule has 24 heavy (non-hydrogen) atoms. The Bertz CT molecular complexity index is 746. The summed E-state index contributed by atoms with van der Waals surface area (Å²) in [5.74, 6) is 5.08. The van der Waals surface area contributed by atoms with Gasteiger partial charge in [-0.15, -0.1) is 0 Å². The average Bonchev–Trinajstić information content (AvgIpc) is 2.57. The van der Waals surface area contributed by atoms with Gasteiger partial charge in [0, 0.05) is 5.56 Å². The minimum atomic E-state index is -4.46. The van der Waals surface area contributed by atoms with E-state index in [1.807, 2.05) is 6.07 Å². The molecule has 2 aromatic rings. The zero-order valence-electron chi connectivity index (χ0n) is 12.6. The van der Waals surface area contributed by atoms with E-state index in [1.165, 1.54) is 18.2 Å². The summed E-state index contributed by atoms with van der Waals surface area (Å²) in [4.78, 5) is 11.6. The number of carbonyl (C=O) groups excluding carboxylic acids is 1. The maximum Gasteiger partial charge on any atom is 0.417 e. The van der Waals surface area contributed by atoms with Crippen molar-refractivity contribution in [2.24, 2.45) is 0 Å². The number of halogens is 3. The van der Waals surface area contributed by atoms with E-state index in [1.54, 1.807) is 24.3 Å². The summed E-state index contributed by atoms with van der Waals surface area (Å²) in [5, 5.41) is 2.46. The van der Waals surface area contributed by atoms with Crippen molar-refractivity contribution in [3.05, 3.63) is 65.7 Å². The van der Waals surface area contributed by atoms with Crippen molar-refractivity contribution in [3.63, 3.8) is 0 Å². The van der Waals surface area contributed by atoms with Crippen LogP contribution in [0.4, 0.5) is 13.2 Å². The molecule has 0 heterocycles. The molecule has 0 atom stereocenters. The Morgan fingerprint density at radius 3 is 2.42 bits per heavy atom. The molecular weight excluding hydrogens is 319 g/mol. The van der Waals surface area contributed by atoms with Crippen LogP contribution >= 0.6 is 0 Å². The van der Waals surface area contributed by atoms with Gasteiger partial charge in [0.25, 0.3) is 5.91 Å². The fourth-order valence-electron chi connectivity index (χ4n) is 1.84. The van der Waals surface area contributed by atoms with Gasteiger partial charge in [-0.25, -0.2) is 0 Å². The van der Waals surface area contributed by atoms with Gasteiger partial charge in [0.1, 0.15) is 5.75 Å². The van der Waals surface area contributed by atoms with Crippen molar-refractivity contribution in [1.82, 2.24) is 5.32 Å². The molecule has 124 valence electrons. The zero-order valence-corrected chi connectivity index (χ0v) is 12.6. The molecule has 0 aliphatic carbocycles. The number of nitrogens with one attached hydrogen (secondary N) is 1. The number of carbonyl (C=O) groups is 1. The number of rotatable bonds is 4. The van der Waals surface area contributed by atoms with E-state index in [9.17, 15) is 18.0 Å². The molecule has 0 unspecified atom stereocenters. The van der Waals surface area contributed by atoms with Crippen molar-refractivity contribution < 1.29 is 22.7 Å². The third kappa shape index (κ3) is 5.36. The lowest BCUT2D eigenvalue weighted by Crippen LogP contribution is -2.29. The standard InChI is InChI=1S/C18H14F3NO2/c19-18(20,21)16-11-5-4-7-14(16)8-6-12-22-17(23)13-24-15-9-2-1-3-10-15/h1-5,7,9-11H,12-13H2,(H,22,23). The number of ether oxygens (including phenoxy) is 1. The van der Waals surface area contributed by atoms with Crippen LogP contribution < -0.4 is 10.1 Å². The van der Waals surface area contributed by atoms with Gasteiger partial charge in [0.15, 0.2) is 6.61 Å². The Hall–Kier alpha value is -2.94. The Labute approximate surface area is 137 Å². The van der Waals surface area contributed by atoms with E-state index in [2.05, 4.69) is 17.2 Å². The Kier molecular flexibility index (Phi) is 5.85. The molecule has 1 amide bonds. The lowest BCUT2D eigenvalue weighted by molar-refractivity contribution is -0.137. The lowest BCUT2D eigenvalue weighted by Gasteiger charge is -2.08. The first kappa shape index (κ1) is 17.4. The minimum absolute atomic E-state index is 0.0663. The SMILES string of the molecule is O=C(COc1ccccc1)NCC#Cc1ccccc1C(F)(F)F. The van der Waals surface area contributed by atoms with Crippen molar-refractivity contribution in [2.45, 2.75) is 6.18 Å². The molecule has 2 rings (SSSR count). The molecule has 0 saturated carbocycles. The van der Waals surface area contributed by atoms with Crippen LogP contribution in [0, 0.1) is 11.8 Å². The molecule has 0 aliphatic rings. The first-order chi connectivity index (χ1) is 11.5. The molecule has 0 bridgehead atoms. The van der Waals surface area contributed by atoms with Crippen LogP contribution in [0.3, 0.4) is 0 Å². The van der Waals surface area contributed by atoms with Gasteiger partial charge < -0.3 is 10.1 Å². The summed E-state index contributed by atoms with van der Waals surface area (Å²) in [7, 11) is 0. The number of amides is 1. The van der Waals surface area contributed by atoms with E-state index in [4.69, 9.17) is 4.74 Å². The van der Waals surface area contributed by atoms with Gasteiger partial charge in [-0.05, 0) is 24.3 Å². The fraction of sp³-hybridized carbons (Fsp3) is 0.167. The number of hydrogen-bond acceptors (Lipinski definition) is 2. The Morgan fingerprint density at radius 1 is 1.04 bits per heavy atom. The number of para-hydroxylation sites is 1. The third-order valence-electron chi connectivity index (χ3n) is 2.94. The maximum absolute atomic E-state index is 12.8. The van der Waals surface area contributed by atoms with E-state index >= 15 is 0 Å². The summed E-state index contributed by atoms with van der Waals surface area (Å²) >= 11 is 0. The highest BCUT2D eigenvalue weighted by molar-refractivity contribution is 5.77. The zero-order chi connectivity index (χ0) is 17.4. The summed E-state index contributed by atoms with van der Waals surface area (Å²) < 4.78 is 43.6. The topological polar surface area (TPSA) is 38.3 Å². The summed E-state index contributed by atoms with van der Waals surface area (Å²) in [6, 6.07) is 13.8. The van der Waals surface area contributed by atoms with Crippen LogP contribution in [0.1, 0.15) is 11.1 Å². The van der Waals surface area contributed by atoms with Gasteiger partial charge in [0.2, 0.25) is 0 Å². The largest absolute Gasteiger partial charge is 0.484 e. The fourth-order valence-corrected chi connectivity index (χ4v) is 1.84. The highest BCUT2D eigenvalue weighted by Gasteiger charge is 2.32. The first-order valence-electron chi connectivity index (χ1n) is 7.06. The predicted molar refractivity (Wildman–Crippen MR) is 83.3 cm³/mol. The number of benzene rings is 2. The van der Waals surface area contributed by atoms with E-state index in [0.717, 1.165) is 6.07 Å². The molecular formula is C18H14F3NO2. The van der Waals surface area contributed by atoms with Crippen LogP contribution in [-0.2, 0) is 11.0 Å². The number of hydrogen-bond donors (Lipinski definition) is 1. The molecule has 3 nitrogen and oxygen atoms in total. The molecule has 0 fully saturated rings. The quantitative estimate of drug-likeness (QED) is 0.873. The average molecular weight is 333 g/mol. The second kappa shape index (κ2) is 8.06. The van der Waals surface area contributed by atoms with E-state index in [0.29, 0.717) is 5.75 Å². The van der Waals surface area contributed by atoms with Gasteiger partial charge in [-0.3, -0.25) is 4.79 Å². The predicted octanol–water partition coefficient (Wildman–Crippen LogP) is 3.25. The molecule has 0 radical (unpaired) electrons. The normalized spacial score (nSPS) is 10.5. The van der Waals surface area contributed by atoms with Gasteiger partial charge in [0.05, 0.1) is 12.1 Å². The summed E-state index contributed by atoms with van der Waals surface area (Å²) in [6.45, 7) is -0.256. The third-order valence-corrected chi connectivity index (χ3v) is 2.94. The Balaban J connectivity index is 1.85. The van der Waals surface area contributed by atoms with Gasteiger partial charge in [-0.2, -0.15) is 13.2 Å². The molecule has 6 heteroatoms. The first-order valence-corrected chi connectivity index (χ1v) is 7.06. The number of alkyl halides is 3. The highest BCUT2D eigenvalue weighted by atomic mass is 19.4. The van der Waals surface area contributed by atoms with Crippen molar-refractivity contribution in [3.8, 4) is 17.6 Å². The monoisotopic (exact) mass is 333 g/mol. The summed E-state index contributed by atoms with van der Waals surface area (Å²) in [6.07, 6.45) is -4.46. The van der Waals surface area contributed by atoms with Crippen LogP contribution in [0.2, 0.25) is 0 Å². The van der Waals surface area contributed by atoms with E-state index in [-0.39, 0.29) is 18.7 Å². The highest BCUT2D eigenvalue weighted by Crippen LogP contribution is 2.31. The van der Waals surface area contributed by atoms with E-state index < -0.39 is 17.6 Å². The second-order valence-electron chi connectivity index (χ2n) is 4.72. The Morgan fingerprint density at radius 2 is 1.71 bits per heavy atom. The summed E-state index contributed by atoms with van der Waals surface area (Å²) in [5.41, 5.74) is -0.920. The van der Waals surface area contributed by atoms with Crippen LogP contribution in [-0.4, -0.2) is 19.1 Å². The van der Waals surface area contributed by atoms with Gasteiger partial charge >= 0.3 is 6.18 Å². The van der Waals surface area contributed by atoms with Crippen LogP contribution in [0.5, 0.6) is 5.75 Å². The molecule has 0 aromatic heterocycles. The molecule has 0 aliphatic heterocycles. The molecule has 0 saturated heterocycles. The van der Waals surface area contributed by atoms with Crippen molar-refractivity contribution in [2.75, 3.05) is 13.2 Å². The van der Waals surface area contributed by atoms with Crippen molar-refractivity contribution in [1.29, 1.82) is 0 Å². The minimum Gasteiger partial charge on any atom is -0.484 e. The lowest BCUT2D eigenvalue weighted by atomic mass is 10.1. The van der Waals surface area contributed by atoms with Crippen LogP contribution in [0.15, 0.2) is 54.6 Å². The maximum atomic E-state index is 12.8. The molecule has 1 N–H and O–H groups in total. The second-order valence-corrected chi connectivity index (χ2v) is 4.72. The molecule has 0 spiro atoms. The van der Waals surface area contributed by atoms with Crippen molar-refractivity contribution >= 4 is 5.91 Å². The molecule has 2 aromatic carbocycles. The van der Waals surface area contributed by atoms with Gasteiger partial charge in [-0.1, -0.05) is 42.2 Å². The smallest absolute Gasteiger partial charge is 0.417 e. The van der Waals surface area contributed by atoms with Crippen LogP contribution in [0.25, 0.3) is 0 Å².